The fraction of sp³-hybridized carbons (Fsp3) is 0.143. The molecule has 0 aliphatic heterocycles. The maximum atomic E-state index is 11.2. The fourth-order valence-corrected chi connectivity index (χ4v) is 1.76. The number of hydrogen-bond donors (Lipinski definition) is 3. The second-order valence-electron chi connectivity index (χ2n) is 4.20. The van der Waals surface area contributed by atoms with Crippen LogP contribution < -0.4 is 16.8 Å². The molecule has 5 N–H and O–H groups in total. The predicted octanol–water partition coefficient (Wildman–Crippen LogP) is 2.07. The van der Waals surface area contributed by atoms with Gasteiger partial charge in [0.15, 0.2) is 0 Å². The molecule has 1 heterocycles. The van der Waals surface area contributed by atoms with Crippen LogP contribution in [0.4, 0.5) is 17.2 Å². The van der Waals surface area contributed by atoms with E-state index in [2.05, 4.69) is 23.3 Å². The summed E-state index contributed by atoms with van der Waals surface area (Å²) < 4.78 is 0. The molecule has 0 aliphatic carbocycles. The lowest BCUT2D eigenvalue weighted by Gasteiger charge is -2.09. The molecule has 2 aromatic rings. The molecule has 0 saturated carbocycles. The van der Waals surface area contributed by atoms with Gasteiger partial charge in [-0.3, -0.25) is 4.79 Å². The van der Waals surface area contributed by atoms with Gasteiger partial charge in [0.1, 0.15) is 5.82 Å². The summed E-state index contributed by atoms with van der Waals surface area (Å²) in [6.07, 6.45) is 2.38. The number of aryl methyl sites for hydroxylation is 1. The zero-order valence-electron chi connectivity index (χ0n) is 10.7. The van der Waals surface area contributed by atoms with Crippen molar-refractivity contribution in [1.29, 1.82) is 0 Å². The highest BCUT2D eigenvalue weighted by atomic mass is 16.1. The van der Waals surface area contributed by atoms with Crippen LogP contribution in [-0.4, -0.2) is 10.9 Å². The number of nitrogens with one attached hydrogen (secondary N) is 1. The molecule has 19 heavy (non-hydrogen) atoms. The minimum Gasteiger partial charge on any atom is -0.397 e. The Kier molecular flexibility index (Phi) is 3.66. The van der Waals surface area contributed by atoms with Crippen LogP contribution in [0.15, 0.2) is 36.5 Å². The Hall–Kier alpha value is -2.56. The smallest absolute Gasteiger partial charge is 0.250 e. The molecule has 1 aromatic carbocycles. The number of nitrogens with two attached hydrogens (primary N) is 2. The number of primary amides is 1. The summed E-state index contributed by atoms with van der Waals surface area (Å²) in [6, 6.07) is 9.53. The van der Waals surface area contributed by atoms with Gasteiger partial charge in [-0.05, 0) is 30.2 Å². The number of rotatable bonds is 4. The zero-order chi connectivity index (χ0) is 13.8. The number of anilines is 3. The first kappa shape index (κ1) is 12.9. The Morgan fingerprint density at radius 1 is 1.37 bits per heavy atom. The van der Waals surface area contributed by atoms with Crippen molar-refractivity contribution in [2.24, 2.45) is 5.73 Å². The molecule has 0 unspecified atom stereocenters. The van der Waals surface area contributed by atoms with Crippen molar-refractivity contribution in [2.45, 2.75) is 13.3 Å². The highest BCUT2D eigenvalue weighted by Gasteiger charge is 2.08. The van der Waals surface area contributed by atoms with Crippen LogP contribution in [0.3, 0.4) is 0 Å². The van der Waals surface area contributed by atoms with Gasteiger partial charge < -0.3 is 16.8 Å². The fourth-order valence-electron chi connectivity index (χ4n) is 1.76. The number of hydrogen-bond acceptors (Lipinski definition) is 4. The van der Waals surface area contributed by atoms with Gasteiger partial charge in [-0.1, -0.05) is 19.1 Å². The number of nitrogens with zero attached hydrogens (tertiary/aromatic N) is 1. The van der Waals surface area contributed by atoms with Gasteiger partial charge in [-0.2, -0.15) is 0 Å². The summed E-state index contributed by atoms with van der Waals surface area (Å²) in [4.78, 5) is 15.3. The second-order valence-corrected chi connectivity index (χ2v) is 4.20. The Morgan fingerprint density at radius 3 is 2.84 bits per heavy atom. The topological polar surface area (TPSA) is 94.0 Å². The predicted molar refractivity (Wildman–Crippen MR) is 76.3 cm³/mol. The Morgan fingerprint density at radius 2 is 2.16 bits per heavy atom. The van der Waals surface area contributed by atoms with E-state index in [1.807, 2.05) is 18.2 Å². The number of aromatic nitrogens is 1. The number of pyridine rings is 1. The summed E-state index contributed by atoms with van der Waals surface area (Å²) in [7, 11) is 0. The lowest BCUT2D eigenvalue weighted by atomic mass is 10.1. The van der Waals surface area contributed by atoms with E-state index in [-0.39, 0.29) is 11.3 Å². The Balaban J connectivity index is 2.28. The van der Waals surface area contributed by atoms with Crippen LogP contribution in [0.1, 0.15) is 22.8 Å². The summed E-state index contributed by atoms with van der Waals surface area (Å²) >= 11 is 0. The van der Waals surface area contributed by atoms with Crippen LogP contribution in [0.2, 0.25) is 0 Å². The van der Waals surface area contributed by atoms with E-state index in [0.29, 0.717) is 5.82 Å². The first-order valence-corrected chi connectivity index (χ1v) is 6.01. The molecule has 0 spiro atoms. The molecule has 0 saturated heterocycles. The molecule has 1 amide bonds. The lowest BCUT2D eigenvalue weighted by molar-refractivity contribution is 0.100. The molecule has 5 heteroatoms. The van der Waals surface area contributed by atoms with Gasteiger partial charge in [-0.25, -0.2) is 4.98 Å². The normalized spacial score (nSPS) is 10.2. The molecular formula is C14H16N4O. The van der Waals surface area contributed by atoms with E-state index in [1.54, 1.807) is 6.07 Å². The summed E-state index contributed by atoms with van der Waals surface area (Å²) in [5.41, 5.74) is 13.6. The van der Waals surface area contributed by atoms with Gasteiger partial charge in [0, 0.05) is 5.69 Å². The largest absolute Gasteiger partial charge is 0.397 e. The van der Waals surface area contributed by atoms with Crippen molar-refractivity contribution in [3.8, 4) is 0 Å². The molecule has 0 bridgehead atoms. The number of carbonyl (C=O) groups is 1. The van der Waals surface area contributed by atoms with Crippen molar-refractivity contribution in [3.63, 3.8) is 0 Å². The van der Waals surface area contributed by atoms with Crippen LogP contribution in [0, 0.1) is 0 Å². The minimum atomic E-state index is -0.565. The molecule has 0 radical (unpaired) electrons. The second kappa shape index (κ2) is 5.39. The van der Waals surface area contributed by atoms with Gasteiger partial charge >= 0.3 is 0 Å². The average Bonchev–Trinajstić information content (AvgIpc) is 2.41. The highest BCUT2D eigenvalue weighted by Crippen LogP contribution is 2.19. The van der Waals surface area contributed by atoms with E-state index in [1.165, 1.54) is 11.8 Å². The molecule has 0 atom stereocenters. The van der Waals surface area contributed by atoms with Crippen molar-refractivity contribution >= 4 is 23.1 Å². The van der Waals surface area contributed by atoms with E-state index >= 15 is 0 Å². The van der Waals surface area contributed by atoms with E-state index in [0.717, 1.165) is 12.1 Å². The average molecular weight is 256 g/mol. The lowest BCUT2D eigenvalue weighted by Crippen LogP contribution is -2.14. The SMILES string of the molecule is CCc1cccc(Nc2cc(C(N)=O)c(N)cn2)c1. The van der Waals surface area contributed by atoms with E-state index in [4.69, 9.17) is 11.5 Å². The molecular weight excluding hydrogens is 240 g/mol. The van der Waals surface area contributed by atoms with Gasteiger partial charge in [0.05, 0.1) is 17.4 Å². The number of benzene rings is 1. The number of amides is 1. The minimum absolute atomic E-state index is 0.268. The third-order valence-electron chi connectivity index (χ3n) is 2.81. The van der Waals surface area contributed by atoms with Crippen LogP contribution in [0.5, 0.6) is 0 Å². The van der Waals surface area contributed by atoms with Gasteiger partial charge in [0.25, 0.3) is 5.91 Å². The summed E-state index contributed by atoms with van der Waals surface area (Å²) in [5, 5.41) is 3.13. The summed E-state index contributed by atoms with van der Waals surface area (Å²) in [6.45, 7) is 2.09. The quantitative estimate of drug-likeness (QED) is 0.780. The maximum absolute atomic E-state index is 11.2. The van der Waals surface area contributed by atoms with Gasteiger partial charge in [-0.15, -0.1) is 0 Å². The molecule has 5 nitrogen and oxygen atoms in total. The van der Waals surface area contributed by atoms with E-state index in [9.17, 15) is 4.79 Å². The number of nitrogen functional groups attached to an aromatic ring is 1. The standard InChI is InChI=1S/C14H16N4O/c1-2-9-4-3-5-10(6-9)18-13-7-11(14(16)19)12(15)8-17-13/h3-8H,2,15H2,1H3,(H2,16,19)(H,17,18). The maximum Gasteiger partial charge on any atom is 0.250 e. The molecule has 1 aromatic heterocycles. The molecule has 0 fully saturated rings. The van der Waals surface area contributed by atoms with Crippen molar-refractivity contribution < 1.29 is 4.79 Å². The summed E-state index contributed by atoms with van der Waals surface area (Å²) in [5.74, 6) is -0.0264. The Labute approximate surface area is 111 Å². The first-order chi connectivity index (χ1) is 9.10. The van der Waals surface area contributed by atoms with Crippen LogP contribution in [0.25, 0.3) is 0 Å². The Bertz CT molecular complexity index is 610. The highest BCUT2D eigenvalue weighted by molar-refractivity contribution is 5.98. The zero-order valence-corrected chi connectivity index (χ0v) is 10.7. The molecule has 0 aliphatic rings. The van der Waals surface area contributed by atoms with Gasteiger partial charge in [0.2, 0.25) is 0 Å². The van der Waals surface area contributed by atoms with E-state index < -0.39 is 5.91 Å². The first-order valence-electron chi connectivity index (χ1n) is 6.01. The number of carbonyl (C=O) groups excluding carboxylic acids is 1. The third-order valence-corrected chi connectivity index (χ3v) is 2.81. The third kappa shape index (κ3) is 3.01. The van der Waals surface area contributed by atoms with Crippen molar-refractivity contribution in [2.75, 3.05) is 11.1 Å². The van der Waals surface area contributed by atoms with Crippen LogP contribution in [-0.2, 0) is 6.42 Å². The van der Waals surface area contributed by atoms with Crippen LogP contribution >= 0.6 is 0 Å². The molecule has 98 valence electrons. The monoisotopic (exact) mass is 256 g/mol. The molecule has 2 rings (SSSR count). The van der Waals surface area contributed by atoms with Crippen molar-refractivity contribution in [1.82, 2.24) is 4.98 Å². The van der Waals surface area contributed by atoms with Crippen molar-refractivity contribution in [3.05, 3.63) is 47.7 Å².